The fraction of sp³-hybridized carbons (Fsp3) is 0.211. The number of amides is 2. The number of carbonyl (C=O) groups excluding carboxylic acids is 1. The van der Waals surface area contributed by atoms with Gasteiger partial charge in [0.25, 0.3) is 0 Å². The molecule has 0 aliphatic rings. The van der Waals surface area contributed by atoms with E-state index >= 15 is 0 Å². The van der Waals surface area contributed by atoms with E-state index in [1.807, 2.05) is 0 Å². The topological polar surface area (TPSA) is 106 Å². The van der Waals surface area contributed by atoms with Gasteiger partial charge in [-0.2, -0.15) is 0 Å². The second kappa shape index (κ2) is 8.18. The van der Waals surface area contributed by atoms with Gasteiger partial charge in [0.2, 0.25) is 0 Å². The molecule has 0 atom stereocenters. The first kappa shape index (κ1) is 19.5. The molecule has 28 heavy (non-hydrogen) atoms. The van der Waals surface area contributed by atoms with E-state index in [1.54, 1.807) is 19.1 Å². The third kappa shape index (κ3) is 3.72. The second-order valence-electron chi connectivity index (χ2n) is 5.78. The minimum Gasteiger partial charge on any atom is -0.507 e. The summed E-state index contributed by atoms with van der Waals surface area (Å²) in [4.78, 5) is 20.3. The minimum absolute atomic E-state index is 0.0917. The Balaban J connectivity index is 2.12. The molecule has 2 amide bonds. The Kier molecular flexibility index (Phi) is 5.70. The van der Waals surface area contributed by atoms with Gasteiger partial charge in [-0.25, -0.2) is 14.8 Å². The minimum atomic E-state index is -0.416. The van der Waals surface area contributed by atoms with Crippen molar-refractivity contribution in [3.63, 3.8) is 0 Å². The van der Waals surface area contributed by atoms with Crippen molar-refractivity contribution >= 4 is 34.2 Å². The van der Waals surface area contributed by atoms with Gasteiger partial charge in [0.1, 0.15) is 12.1 Å². The van der Waals surface area contributed by atoms with E-state index < -0.39 is 6.03 Å². The van der Waals surface area contributed by atoms with Crippen LogP contribution in [0, 0.1) is 0 Å². The smallest absolute Gasteiger partial charge is 0.319 e. The van der Waals surface area contributed by atoms with Crippen molar-refractivity contribution in [2.75, 3.05) is 26.1 Å². The lowest BCUT2D eigenvalue weighted by atomic mass is 10.0. The van der Waals surface area contributed by atoms with Gasteiger partial charge < -0.3 is 25.2 Å². The van der Waals surface area contributed by atoms with Crippen LogP contribution >= 0.6 is 11.6 Å². The van der Waals surface area contributed by atoms with Gasteiger partial charge in [0, 0.05) is 29.6 Å². The fourth-order valence-electron chi connectivity index (χ4n) is 2.77. The maximum atomic E-state index is 11.7. The summed E-state index contributed by atoms with van der Waals surface area (Å²) in [7, 11) is 3.07. The van der Waals surface area contributed by atoms with Gasteiger partial charge >= 0.3 is 6.03 Å². The third-order valence-electron chi connectivity index (χ3n) is 4.07. The molecule has 0 spiro atoms. The number of ether oxygens (including phenoxy) is 2. The average Bonchev–Trinajstić information content (AvgIpc) is 2.69. The standard InChI is InChI=1S/C19H19ClN4O4/c1-4-21-19(26)24-14-7-15(25)11(5-12(14)20)18-10-6-16(27-2)17(28-3)8-13(10)22-9-23-18/h5-9,25H,4H2,1-3H3,(H2,21,24,26). The molecule has 146 valence electrons. The second-order valence-corrected chi connectivity index (χ2v) is 6.19. The van der Waals surface area contributed by atoms with Gasteiger partial charge in [-0.1, -0.05) is 11.6 Å². The number of anilines is 1. The number of nitrogens with zero attached hydrogens (tertiary/aromatic N) is 2. The summed E-state index contributed by atoms with van der Waals surface area (Å²) in [6.45, 7) is 2.26. The van der Waals surface area contributed by atoms with Crippen LogP contribution in [0.4, 0.5) is 10.5 Å². The zero-order chi connectivity index (χ0) is 20.3. The number of benzene rings is 2. The predicted molar refractivity (Wildman–Crippen MR) is 107 cm³/mol. The Morgan fingerprint density at radius 3 is 2.54 bits per heavy atom. The maximum absolute atomic E-state index is 11.7. The number of methoxy groups -OCH3 is 2. The van der Waals surface area contributed by atoms with Gasteiger partial charge in [-0.3, -0.25) is 0 Å². The summed E-state index contributed by atoms with van der Waals surface area (Å²) in [6.07, 6.45) is 1.39. The Bertz CT molecular complexity index is 1040. The highest BCUT2D eigenvalue weighted by Crippen LogP contribution is 2.40. The molecule has 0 fully saturated rings. The zero-order valence-corrected chi connectivity index (χ0v) is 16.3. The van der Waals surface area contributed by atoms with Gasteiger partial charge in [0.15, 0.2) is 11.5 Å². The summed E-state index contributed by atoms with van der Waals surface area (Å²) in [5, 5.41) is 16.6. The Labute approximate surface area is 166 Å². The lowest BCUT2D eigenvalue weighted by molar-refractivity contribution is 0.252. The first-order chi connectivity index (χ1) is 13.5. The van der Waals surface area contributed by atoms with E-state index in [4.69, 9.17) is 21.1 Å². The number of nitrogens with one attached hydrogen (secondary N) is 2. The zero-order valence-electron chi connectivity index (χ0n) is 15.5. The van der Waals surface area contributed by atoms with Gasteiger partial charge in [-0.15, -0.1) is 0 Å². The van der Waals surface area contributed by atoms with E-state index in [0.717, 1.165) is 0 Å². The molecule has 0 radical (unpaired) electrons. The first-order valence-electron chi connectivity index (χ1n) is 8.43. The van der Waals surface area contributed by atoms with E-state index in [-0.39, 0.29) is 16.5 Å². The Morgan fingerprint density at radius 2 is 1.86 bits per heavy atom. The van der Waals surface area contributed by atoms with Crippen LogP contribution < -0.4 is 20.1 Å². The molecule has 8 nitrogen and oxygen atoms in total. The molecule has 0 saturated carbocycles. The number of halogens is 1. The van der Waals surface area contributed by atoms with Crippen LogP contribution in [0.3, 0.4) is 0 Å². The summed E-state index contributed by atoms with van der Waals surface area (Å²) in [5.41, 5.74) is 1.76. The lowest BCUT2D eigenvalue weighted by Crippen LogP contribution is -2.28. The Morgan fingerprint density at radius 1 is 1.14 bits per heavy atom. The molecule has 3 N–H and O–H groups in total. The van der Waals surface area contributed by atoms with Crippen molar-refractivity contribution in [1.82, 2.24) is 15.3 Å². The molecule has 0 aliphatic carbocycles. The van der Waals surface area contributed by atoms with Crippen LogP contribution in [0.1, 0.15) is 6.92 Å². The van der Waals surface area contributed by atoms with Gasteiger partial charge in [0.05, 0.1) is 36.1 Å². The molecule has 3 rings (SSSR count). The molecule has 0 aliphatic heterocycles. The molecule has 9 heteroatoms. The van der Waals surface area contributed by atoms with Crippen LogP contribution in [0.2, 0.25) is 5.02 Å². The highest BCUT2D eigenvalue weighted by atomic mass is 35.5. The van der Waals surface area contributed by atoms with Crippen molar-refractivity contribution in [2.24, 2.45) is 0 Å². The van der Waals surface area contributed by atoms with Gasteiger partial charge in [-0.05, 0) is 19.1 Å². The molecule has 0 saturated heterocycles. The summed E-state index contributed by atoms with van der Waals surface area (Å²) >= 11 is 6.31. The molecule has 3 aromatic rings. The largest absolute Gasteiger partial charge is 0.507 e. The van der Waals surface area contributed by atoms with Crippen LogP contribution in [0.15, 0.2) is 30.6 Å². The molecular weight excluding hydrogens is 384 g/mol. The number of phenolic OH excluding ortho intramolecular Hbond substituents is 1. The predicted octanol–water partition coefficient (Wildman–Crippen LogP) is 3.81. The summed E-state index contributed by atoms with van der Waals surface area (Å²) in [6, 6.07) is 5.96. The van der Waals surface area contributed by atoms with Crippen LogP contribution in [-0.4, -0.2) is 41.9 Å². The summed E-state index contributed by atoms with van der Waals surface area (Å²) < 4.78 is 10.7. The van der Waals surface area contributed by atoms with Crippen molar-refractivity contribution in [2.45, 2.75) is 6.92 Å². The number of hydrogen-bond acceptors (Lipinski definition) is 6. The Hall–Kier alpha value is -3.26. The first-order valence-corrected chi connectivity index (χ1v) is 8.80. The highest BCUT2D eigenvalue weighted by Gasteiger charge is 2.17. The number of hydrogen-bond donors (Lipinski definition) is 3. The molecule has 2 aromatic carbocycles. The molecule has 0 unspecified atom stereocenters. The normalized spacial score (nSPS) is 10.6. The van der Waals surface area contributed by atoms with E-state index in [1.165, 1.54) is 32.7 Å². The SMILES string of the molecule is CCNC(=O)Nc1cc(O)c(-c2ncnc3cc(OC)c(OC)cc23)cc1Cl. The van der Waals surface area contributed by atoms with Crippen LogP contribution in [-0.2, 0) is 0 Å². The lowest BCUT2D eigenvalue weighted by Gasteiger charge is -2.14. The van der Waals surface area contributed by atoms with Crippen molar-refractivity contribution in [3.8, 4) is 28.5 Å². The number of rotatable bonds is 5. The molecular formula is C19H19ClN4O4. The maximum Gasteiger partial charge on any atom is 0.319 e. The molecule has 1 aromatic heterocycles. The van der Waals surface area contributed by atoms with E-state index in [0.29, 0.717) is 40.2 Å². The van der Waals surface area contributed by atoms with Crippen molar-refractivity contribution in [3.05, 3.63) is 35.6 Å². The molecule has 1 heterocycles. The van der Waals surface area contributed by atoms with E-state index in [9.17, 15) is 9.90 Å². The number of urea groups is 1. The van der Waals surface area contributed by atoms with Crippen LogP contribution in [0.25, 0.3) is 22.2 Å². The molecule has 0 bridgehead atoms. The fourth-order valence-corrected chi connectivity index (χ4v) is 2.98. The number of aromatic nitrogens is 2. The number of aromatic hydroxyl groups is 1. The quantitative estimate of drug-likeness (QED) is 0.599. The highest BCUT2D eigenvalue weighted by molar-refractivity contribution is 6.34. The monoisotopic (exact) mass is 402 g/mol. The number of phenols is 1. The number of carbonyl (C=O) groups is 1. The van der Waals surface area contributed by atoms with Crippen molar-refractivity contribution < 1.29 is 19.4 Å². The average molecular weight is 403 g/mol. The van der Waals surface area contributed by atoms with Crippen LogP contribution in [0.5, 0.6) is 17.2 Å². The van der Waals surface area contributed by atoms with E-state index in [2.05, 4.69) is 20.6 Å². The summed E-state index contributed by atoms with van der Waals surface area (Å²) in [5.74, 6) is 0.945. The number of fused-ring (bicyclic) bond motifs is 1. The van der Waals surface area contributed by atoms with Crippen molar-refractivity contribution in [1.29, 1.82) is 0 Å². The third-order valence-corrected chi connectivity index (χ3v) is 4.38.